The van der Waals surface area contributed by atoms with Crippen LogP contribution in [0, 0.1) is 0 Å². The van der Waals surface area contributed by atoms with Gasteiger partial charge in [0.05, 0.1) is 31.5 Å². The molecule has 3 N–H and O–H groups in total. The van der Waals surface area contributed by atoms with Gasteiger partial charge in [0.2, 0.25) is 0 Å². The predicted octanol–water partition coefficient (Wildman–Crippen LogP) is 2.51. The third-order valence-electron chi connectivity index (χ3n) is 4.76. The molecule has 2 amide bonds. The Balaban J connectivity index is 1.56. The number of benzene rings is 1. The number of hydrogen-bond donors (Lipinski definition) is 3. The molecule has 2 heterocycles. The van der Waals surface area contributed by atoms with Crippen molar-refractivity contribution in [1.82, 2.24) is 5.32 Å². The molecule has 0 saturated carbocycles. The molecular weight excluding hydrogens is 458 g/mol. The van der Waals surface area contributed by atoms with Gasteiger partial charge < -0.3 is 29.6 Å². The molecule has 182 valence electrons. The Morgan fingerprint density at radius 3 is 2.43 bits per heavy atom. The number of hydrogen-bond acceptors (Lipinski definition) is 9. The molecule has 0 aliphatic carbocycles. The summed E-state index contributed by atoms with van der Waals surface area (Å²) >= 11 is 0. The van der Waals surface area contributed by atoms with Crippen LogP contribution in [0.4, 0.5) is 5.69 Å². The molecule has 0 atom stereocenters. The van der Waals surface area contributed by atoms with Gasteiger partial charge in [-0.3, -0.25) is 9.59 Å². The number of amides is 2. The number of methoxy groups -OCH3 is 1. The second-order valence-electron chi connectivity index (χ2n) is 7.18. The van der Waals surface area contributed by atoms with Crippen LogP contribution in [0.2, 0.25) is 0 Å². The molecule has 1 aromatic carbocycles. The fraction of sp³-hybridized carbons (Fsp3) is 0.208. The van der Waals surface area contributed by atoms with Gasteiger partial charge in [-0.1, -0.05) is 0 Å². The van der Waals surface area contributed by atoms with Crippen molar-refractivity contribution in [2.75, 3.05) is 19.0 Å². The predicted molar refractivity (Wildman–Crippen MR) is 124 cm³/mol. The van der Waals surface area contributed by atoms with E-state index in [0.717, 1.165) is 0 Å². The van der Waals surface area contributed by atoms with Gasteiger partial charge >= 0.3 is 23.8 Å². The summed E-state index contributed by atoms with van der Waals surface area (Å²) in [5.74, 6) is -2.66. The molecule has 11 heteroatoms. The van der Waals surface area contributed by atoms with Gasteiger partial charge in [-0.05, 0) is 50.2 Å². The Labute approximate surface area is 200 Å². The van der Waals surface area contributed by atoms with Gasteiger partial charge in [0.1, 0.15) is 22.8 Å². The lowest BCUT2D eigenvalue weighted by atomic mass is 10.1. The summed E-state index contributed by atoms with van der Waals surface area (Å²) < 4.78 is 15.1. The van der Waals surface area contributed by atoms with E-state index in [2.05, 4.69) is 20.4 Å². The van der Waals surface area contributed by atoms with E-state index in [4.69, 9.17) is 9.15 Å². The molecule has 0 unspecified atom stereocenters. The second kappa shape index (κ2) is 11.0. The number of esters is 2. The Morgan fingerprint density at radius 2 is 1.77 bits per heavy atom. The summed E-state index contributed by atoms with van der Waals surface area (Å²) in [7, 11) is 1.20. The van der Waals surface area contributed by atoms with E-state index in [9.17, 15) is 24.3 Å². The van der Waals surface area contributed by atoms with E-state index < -0.39 is 23.8 Å². The van der Waals surface area contributed by atoms with Crippen LogP contribution in [-0.4, -0.2) is 48.3 Å². The number of carbonyl (C=O) groups excluding carboxylic acids is 4. The van der Waals surface area contributed by atoms with Crippen LogP contribution in [0.15, 0.2) is 62.8 Å². The lowest BCUT2D eigenvalue weighted by molar-refractivity contribution is -0.136. The zero-order valence-corrected chi connectivity index (χ0v) is 19.2. The average Bonchev–Trinajstić information content (AvgIpc) is 3.40. The van der Waals surface area contributed by atoms with Crippen LogP contribution in [0.5, 0.6) is 0 Å². The van der Waals surface area contributed by atoms with Crippen molar-refractivity contribution >= 4 is 41.2 Å². The maximum absolute atomic E-state index is 12.1. The SMILES string of the molecule is CCOC(=O)c1ccc(NC(=O)C(=O)NCc2ccc(/C=C3/N=C(C)C(C(=O)OC)=C3O)o2)cc1. The van der Waals surface area contributed by atoms with E-state index in [0.29, 0.717) is 28.5 Å². The largest absolute Gasteiger partial charge is 0.505 e. The highest BCUT2D eigenvalue weighted by atomic mass is 16.5. The molecule has 2 aromatic rings. The standard InChI is InChI=1S/C24H23N3O8/c1-4-34-23(31)14-5-7-15(8-6-14)27-22(30)21(29)25-12-17-10-9-16(35-17)11-18-20(28)19(13(2)26-18)24(32)33-3/h5-11,28H,4,12H2,1-3H3,(H,25,29)(H,27,30)/b18-11+. The molecule has 1 aliphatic rings. The topological polar surface area (TPSA) is 157 Å². The van der Waals surface area contributed by atoms with Crippen molar-refractivity contribution in [3.8, 4) is 0 Å². The van der Waals surface area contributed by atoms with Gasteiger partial charge in [-0.15, -0.1) is 0 Å². The molecule has 0 fully saturated rings. The van der Waals surface area contributed by atoms with Crippen molar-refractivity contribution in [2.24, 2.45) is 4.99 Å². The zero-order chi connectivity index (χ0) is 25.5. The maximum atomic E-state index is 12.1. The van der Waals surface area contributed by atoms with Crippen LogP contribution < -0.4 is 10.6 Å². The highest BCUT2D eigenvalue weighted by Gasteiger charge is 2.27. The molecule has 1 aliphatic heterocycles. The first kappa shape index (κ1) is 25.0. The second-order valence-corrected chi connectivity index (χ2v) is 7.18. The first-order chi connectivity index (χ1) is 16.7. The van der Waals surface area contributed by atoms with Gasteiger partial charge in [0.25, 0.3) is 0 Å². The van der Waals surface area contributed by atoms with Crippen LogP contribution in [0.25, 0.3) is 6.08 Å². The van der Waals surface area contributed by atoms with Crippen molar-refractivity contribution in [1.29, 1.82) is 0 Å². The van der Waals surface area contributed by atoms with E-state index in [1.807, 2.05) is 0 Å². The number of aliphatic hydroxyl groups is 1. The molecule has 0 saturated heterocycles. The minimum atomic E-state index is -0.899. The van der Waals surface area contributed by atoms with Crippen molar-refractivity contribution in [3.05, 3.63) is 70.5 Å². The van der Waals surface area contributed by atoms with E-state index in [1.54, 1.807) is 26.0 Å². The summed E-state index contributed by atoms with van der Waals surface area (Å²) in [6, 6.07) is 9.06. The van der Waals surface area contributed by atoms with Crippen LogP contribution >= 0.6 is 0 Å². The average molecular weight is 481 g/mol. The van der Waals surface area contributed by atoms with Crippen molar-refractivity contribution < 1.29 is 38.2 Å². The van der Waals surface area contributed by atoms with E-state index in [-0.39, 0.29) is 30.2 Å². The number of nitrogens with zero attached hydrogens (tertiary/aromatic N) is 1. The monoisotopic (exact) mass is 481 g/mol. The molecular formula is C24H23N3O8. The number of anilines is 1. The highest BCUT2D eigenvalue weighted by Crippen LogP contribution is 2.26. The lowest BCUT2D eigenvalue weighted by Crippen LogP contribution is -2.34. The molecule has 11 nitrogen and oxygen atoms in total. The molecule has 3 rings (SSSR count). The number of aliphatic hydroxyl groups excluding tert-OH is 1. The van der Waals surface area contributed by atoms with E-state index >= 15 is 0 Å². The van der Waals surface area contributed by atoms with E-state index in [1.165, 1.54) is 37.5 Å². The third-order valence-corrected chi connectivity index (χ3v) is 4.76. The smallest absolute Gasteiger partial charge is 0.343 e. The quantitative estimate of drug-likeness (QED) is 0.402. The Hall–Kier alpha value is -4.67. The van der Waals surface area contributed by atoms with Crippen LogP contribution in [0.1, 0.15) is 35.7 Å². The molecule has 0 radical (unpaired) electrons. The highest BCUT2D eigenvalue weighted by molar-refractivity contribution is 6.39. The fourth-order valence-corrected chi connectivity index (χ4v) is 3.08. The Bertz CT molecular complexity index is 1250. The number of nitrogens with one attached hydrogen (secondary N) is 2. The summed E-state index contributed by atoms with van der Waals surface area (Å²) in [4.78, 5) is 51.8. The number of ether oxygens (including phenoxy) is 2. The first-order valence-electron chi connectivity index (χ1n) is 10.5. The molecule has 0 bridgehead atoms. The number of rotatable bonds is 7. The molecule has 1 aromatic heterocycles. The molecule has 35 heavy (non-hydrogen) atoms. The fourth-order valence-electron chi connectivity index (χ4n) is 3.08. The van der Waals surface area contributed by atoms with Crippen molar-refractivity contribution in [3.63, 3.8) is 0 Å². The Morgan fingerprint density at radius 1 is 1.06 bits per heavy atom. The third kappa shape index (κ3) is 6.02. The number of furan rings is 1. The summed E-state index contributed by atoms with van der Waals surface area (Å²) in [6.07, 6.45) is 1.42. The van der Waals surface area contributed by atoms with Crippen LogP contribution in [0.3, 0.4) is 0 Å². The van der Waals surface area contributed by atoms with Gasteiger partial charge in [0, 0.05) is 11.8 Å². The maximum Gasteiger partial charge on any atom is 0.343 e. The Kier molecular flexibility index (Phi) is 7.82. The minimum Gasteiger partial charge on any atom is -0.505 e. The minimum absolute atomic E-state index is 0.0284. The molecule has 0 spiro atoms. The lowest BCUT2D eigenvalue weighted by Gasteiger charge is -2.07. The zero-order valence-electron chi connectivity index (χ0n) is 19.2. The normalized spacial score (nSPS) is 13.9. The summed E-state index contributed by atoms with van der Waals surface area (Å²) in [6.45, 7) is 3.43. The van der Waals surface area contributed by atoms with Gasteiger partial charge in [-0.2, -0.15) is 0 Å². The number of carbonyl (C=O) groups is 4. The summed E-state index contributed by atoms with van der Waals surface area (Å²) in [5, 5.41) is 15.1. The van der Waals surface area contributed by atoms with Gasteiger partial charge in [0.15, 0.2) is 5.76 Å². The first-order valence-corrected chi connectivity index (χ1v) is 10.5. The van der Waals surface area contributed by atoms with Crippen molar-refractivity contribution in [2.45, 2.75) is 20.4 Å². The summed E-state index contributed by atoms with van der Waals surface area (Å²) in [5.41, 5.74) is 1.06. The van der Waals surface area contributed by atoms with Gasteiger partial charge in [-0.25, -0.2) is 14.6 Å². The number of aliphatic imine (C=N–C) groups is 1. The van der Waals surface area contributed by atoms with Crippen LogP contribution in [-0.2, 0) is 30.4 Å².